The Morgan fingerprint density at radius 1 is 1.21 bits per heavy atom. The molecule has 0 aromatic heterocycles. The van der Waals surface area contributed by atoms with Crippen molar-refractivity contribution in [2.45, 2.75) is 39.0 Å². The van der Waals surface area contributed by atoms with Gasteiger partial charge in [0.1, 0.15) is 11.5 Å². The third-order valence-electron chi connectivity index (χ3n) is 4.15. The van der Waals surface area contributed by atoms with Crippen LogP contribution in [-0.2, 0) is 16.4 Å². The van der Waals surface area contributed by atoms with E-state index in [0.717, 1.165) is 17.1 Å². The summed E-state index contributed by atoms with van der Waals surface area (Å²) in [4.78, 5) is 6.43. The van der Waals surface area contributed by atoms with Crippen LogP contribution in [0.15, 0.2) is 23.2 Å². The summed E-state index contributed by atoms with van der Waals surface area (Å²) < 4.78 is 34.4. The Morgan fingerprint density at radius 3 is 2.36 bits per heavy atom. The number of hydrogen-bond donors (Lipinski definition) is 1. The number of methoxy groups -OCH3 is 2. The van der Waals surface area contributed by atoms with Gasteiger partial charge in [0.05, 0.1) is 31.3 Å². The normalized spacial score (nSPS) is 12.2. The molecule has 0 aliphatic heterocycles. The third-order valence-corrected chi connectivity index (χ3v) is 6.74. The molecule has 0 heterocycles. The van der Waals surface area contributed by atoms with Crippen LogP contribution in [0.4, 0.5) is 0 Å². The van der Waals surface area contributed by atoms with E-state index in [1.54, 1.807) is 35.0 Å². The van der Waals surface area contributed by atoms with Gasteiger partial charge in [-0.25, -0.2) is 8.42 Å². The molecule has 0 saturated carbocycles. The average Bonchev–Trinajstić information content (AvgIpc) is 2.60. The fraction of sp³-hybridized carbons (Fsp3) is 0.632. The summed E-state index contributed by atoms with van der Waals surface area (Å²) in [6.07, 6.45) is 0. The van der Waals surface area contributed by atoms with Crippen molar-refractivity contribution in [3.63, 3.8) is 0 Å². The molecule has 28 heavy (non-hydrogen) atoms. The lowest BCUT2D eigenvalue weighted by Gasteiger charge is -2.24. The molecule has 0 fully saturated rings. The number of guanidine groups is 1. The van der Waals surface area contributed by atoms with Gasteiger partial charge >= 0.3 is 0 Å². The van der Waals surface area contributed by atoms with Gasteiger partial charge in [-0.15, -0.1) is 24.0 Å². The van der Waals surface area contributed by atoms with Crippen molar-refractivity contribution in [2.75, 3.05) is 40.1 Å². The van der Waals surface area contributed by atoms with Gasteiger partial charge in [-0.1, -0.05) is 0 Å². The third kappa shape index (κ3) is 7.65. The van der Waals surface area contributed by atoms with E-state index >= 15 is 0 Å². The molecule has 0 atom stereocenters. The van der Waals surface area contributed by atoms with Crippen LogP contribution in [0, 0.1) is 0 Å². The Labute approximate surface area is 186 Å². The van der Waals surface area contributed by atoms with Gasteiger partial charge in [-0.2, -0.15) is 0 Å². The second-order valence-electron chi connectivity index (χ2n) is 7.20. The van der Waals surface area contributed by atoms with Crippen LogP contribution in [-0.4, -0.2) is 64.1 Å². The summed E-state index contributed by atoms with van der Waals surface area (Å²) in [5.41, 5.74) is 0.980. The van der Waals surface area contributed by atoms with E-state index in [0.29, 0.717) is 19.0 Å². The first-order valence-electron chi connectivity index (χ1n) is 8.98. The molecular weight excluding hydrogens is 493 g/mol. The van der Waals surface area contributed by atoms with E-state index < -0.39 is 14.6 Å². The second-order valence-corrected chi connectivity index (χ2v) is 10.1. The molecule has 0 aliphatic rings. The van der Waals surface area contributed by atoms with Crippen molar-refractivity contribution in [3.8, 4) is 11.5 Å². The van der Waals surface area contributed by atoms with E-state index in [-0.39, 0.29) is 36.3 Å². The summed E-state index contributed by atoms with van der Waals surface area (Å²) in [5.74, 6) is 2.13. The highest BCUT2D eigenvalue weighted by molar-refractivity contribution is 14.0. The molecule has 1 aromatic carbocycles. The van der Waals surface area contributed by atoms with Crippen molar-refractivity contribution in [3.05, 3.63) is 23.8 Å². The molecule has 1 rings (SSSR count). The molecule has 0 aliphatic carbocycles. The van der Waals surface area contributed by atoms with Crippen LogP contribution < -0.4 is 14.8 Å². The van der Waals surface area contributed by atoms with Crippen LogP contribution in [0.3, 0.4) is 0 Å². The van der Waals surface area contributed by atoms with Crippen LogP contribution in [0.5, 0.6) is 11.5 Å². The van der Waals surface area contributed by atoms with E-state index in [2.05, 4.69) is 10.3 Å². The van der Waals surface area contributed by atoms with E-state index in [1.165, 1.54) is 0 Å². The van der Waals surface area contributed by atoms with Crippen LogP contribution in [0.2, 0.25) is 0 Å². The van der Waals surface area contributed by atoms with E-state index in [9.17, 15) is 8.42 Å². The zero-order chi connectivity index (χ0) is 20.7. The largest absolute Gasteiger partial charge is 0.497 e. The topological polar surface area (TPSA) is 80.2 Å². The molecule has 0 amide bonds. The molecule has 7 nitrogen and oxygen atoms in total. The number of sulfone groups is 1. The zero-order valence-electron chi connectivity index (χ0n) is 17.9. The molecule has 1 aromatic rings. The Morgan fingerprint density at radius 2 is 1.86 bits per heavy atom. The van der Waals surface area contributed by atoms with Gasteiger partial charge in [0, 0.05) is 31.8 Å². The molecule has 162 valence electrons. The molecule has 0 saturated heterocycles. The number of nitrogens with one attached hydrogen (secondary N) is 1. The summed E-state index contributed by atoms with van der Waals surface area (Å²) >= 11 is 0. The quantitative estimate of drug-likeness (QED) is 0.318. The number of benzene rings is 1. The predicted molar refractivity (Wildman–Crippen MR) is 126 cm³/mol. The minimum Gasteiger partial charge on any atom is -0.497 e. The number of halogens is 1. The lowest BCUT2D eigenvalue weighted by molar-refractivity contribution is 0.382. The Balaban J connectivity index is 0.00000729. The molecule has 9 heteroatoms. The molecule has 1 N–H and O–H groups in total. The van der Waals surface area contributed by atoms with Crippen LogP contribution in [0.25, 0.3) is 0 Å². The number of rotatable bonds is 8. The van der Waals surface area contributed by atoms with Gasteiger partial charge < -0.3 is 19.7 Å². The number of nitrogens with zero attached hydrogens (tertiary/aromatic N) is 2. The first kappa shape index (κ1) is 26.8. The highest BCUT2D eigenvalue weighted by atomic mass is 127. The highest BCUT2D eigenvalue weighted by Gasteiger charge is 2.28. The van der Waals surface area contributed by atoms with Crippen LogP contribution >= 0.6 is 24.0 Å². The van der Waals surface area contributed by atoms with Crippen molar-refractivity contribution < 1.29 is 17.9 Å². The Bertz CT molecular complexity index is 746. The maximum absolute atomic E-state index is 12.3. The maximum Gasteiger partial charge on any atom is 0.193 e. The lowest BCUT2D eigenvalue weighted by Crippen LogP contribution is -2.39. The Kier molecular flexibility index (Phi) is 11.2. The lowest BCUT2D eigenvalue weighted by atomic mass is 10.2. The minimum atomic E-state index is -3.20. The molecular formula is C19H34IN3O4S. The van der Waals surface area contributed by atoms with Crippen LogP contribution in [0.1, 0.15) is 33.3 Å². The average molecular weight is 527 g/mol. The van der Waals surface area contributed by atoms with Crippen molar-refractivity contribution >= 4 is 39.8 Å². The fourth-order valence-corrected chi connectivity index (χ4v) is 3.30. The maximum atomic E-state index is 12.3. The van der Waals surface area contributed by atoms with E-state index in [4.69, 9.17) is 9.47 Å². The monoisotopic (exact) mass is 527 g/mol. The second kappa shape index (κ2) is 11.7. The summed E-state index contributed by atoms with van der Waals surface area (Å²) in [6.45, 7) is 8.56. The smallest absolute Gasteiger partial charge is 0.193 e. The number of aliphatic imine (C=N–C) groups is 1. The molecule has 0 radical (unpaired) electrons. The summed E-state index contributed by atoms with van der Waals surface area (Å²) in [6, 6.07) is 5.66. The highest BCUT2D eigenvalue weighted by Crippen LogP contribution is 2.25. The van der Waals surface area contributed by atoms with Crippen molar-refractivity contribution in [1.82, 2.24) is 10.2 Å². The summed E-state index contributed by atoms with van der Waals surface area (Å²) in [7, 11) is 1.94. The zero-order valence-corrected chi connectivity index (χ0v) is 21.1. The molecule has 0 unspecified atom stereocenters. The first-order chi connectivity index (χ1) is 12.6. The Hall–Kier alpha value is -1.23. The summed E-state index contributed by atoms with van der Waals surface area (Å²) in [5, 5.41) is 3.20. The van der Waals surface area contributed by atoms with Gasteiger partial charge in [-0.05, 0) is 39.8 Å². The molecule has 0 spiro atoms. The number of ether oxygens (including phenoxy) is 2. The fourth-order valence-electron chi connectivity index (χ4n) is 2.36. The van der Waals surface area contributed by atoms with Crippen molar-refractivity contribution in [1.29, 1.82) is 0 Å². The standard InChI is InChI=1S/C19H33N3O4S.HI/c1-8-20-18(21-11-12-27(23,24)19(2,3)4)22(5)14-15-9-10-16(25-6)13-17(15)26-7;/h9-10,13H,8,11-12,14H2,1-7H3,(H,20,21);1H. The number of hydrogen-bond acceptors (Lipinski definition) is 5. The van der Waals surface area contributed by atoms with Gasteiger partial charge in [0.15, 0.2) is 15.8 Å². The SMILES string of the molecule is CCNC(=NCCS(=O)(=O)C(C)(C)C)N(C)Cc1ccc(OC)cc1OC.I. The first-order valence-corrected chi connectivity index (χ1v) is 10.6. The predicted octanol–water partition coefficient (Wildman–Crippen LogP) is 2.93. The van der Waals surface area contributed by atoms with Gasteiger partial charge in [-0.3, -0.25) is 4.99 Å². The van der Waals surface area contributed by atoms with Gasteiger partial charge in [0.2, 0.25) is 0 Å². The van der Waals surface area contributed by atoms with E-state index in [1.807, 2.05) is 37.1 Å². The minimum absolute atomic E-state index is 0. The van der Waals surface area contributed by atoms with Crippen molar-refractivity contribution in [2.24, 2.45) is 4.99 Å². The van der Waals surface area contributed by atoms with Gasteiger partial charge in [0.25, 0.3) is 0 Å². The molecule has 0 bridgehead atoms.